The largest absolute Gasteiger partial charge is 0.344 e. The predicted octanol–water partition coefficient (Wildman–Crippen LogP) is 4.36. The molecule has 19 heavy (non-hydrogen) atoms. The van der Waals surface area contributed by atoms with Crippen molar-refractivity contribution in [1.82, 2.24) is 9.88 Å². The number of benzene rings is 1. The normalized spacial score (nSPS) is 13.3. The number of nitrogens with one attached hydrogen (secondary N) is 1. The first-order chi connectivity index (χ1) is 9.13. The van der Waals surface area contributed by atoms with Gasteiger partial charge in [-0.25, -0.2) is 0 Å². The Kier molecular flexibility index (Phi) is 4.65. The van der Waals surface area contributed by atoms with Gasteiger partial charge < -0.3 is 9.88 Å². The molecular weight excluding hydrogens is 232 g/mol. The van der Waals surface area contributed by atoms with E-state index in [4.69, 9.17) is 0 Å². The summed E-state index contributed by atoms with van der Waals surface area (Å²) in [4.78, 5) is 0. The Morgan fingerprint density at radius 2 is 1.95 bits per heavy atom. The number of para-hydroxylation sites is 1. The second-order valence-corrected chi connectivity index (χ2v) is 5.86. The Bertz CT molecular complexity index is 525. The smallest absolute Gasteiger partial charge is 0.0528 e. The van der Waals surface area contributed by atoms with Gasteiger partial charge in [-0.3, -0.25) is 0 Å². The molecule has 1 N–H and O–H groups in total. The molecule has 0 aliphatic rings. The molecule has 1 atom stereocenters. The topological polar surface area (TPSA) is 17.0 Å². The third kappa shape index (κ3) is 3.19. The quantitative estimate of drug-likeness (QED) is 0.814. The molecule has 0 radical (unpaired) electrons. The van der Waals surface area contributed by atoms with Crippen molar-refractivity contribution in [1.29, 1.82) is 0 Å². The van der Waals surface area contributed by atoms with Crippen molar-refractivity contribution in [3.05, 3.63) is 36.0 Å². The standard InChI is InChI=1S/C17H26N2/c1-5-14(4)19-10-9-15-7-6-8-16(17(15)19)12-18-11-13(2)3/h6-10,13-14,18H,5,11-12H2,1-4H3. The van der Waals surface area contributed by atoms with Gasteiger partial charge in [-0.2, -0.15) is 0 Å². The highest BCUT2D eigenvalue weighted by molar-refractivity contribution is 5.83. The Labute approximate surface area is 116 Å². The molecule has 0 spiro atoms. The summed E-state index contributed by atoms with van der Waals surface area (Å²) in [6.07, 6.45) is 3.39. The Morgan fingerprint density at radius 1 is 1.16 bits per heavy atom. The van der Waals surface area contributed by atoms with Crippen molar-refractivity contribution in [2.45, 2.75) is 46.7 Å². The van der Waals surface area contributed by atoms with Gasteiger partial charge >= 0.3 is 0 Å². The Morgan fingerprint density at radius 3 is 2.63 bits per heavy atom. The van der Waals surface area contributed by atoms with Crippen LogP contribution in [0.4, 0.5) is 0 Å². The van der Waals surface area contributed by atoms with E-state index in [0.29, 0.717) is 12.0 Å². The molecule has 2 aromatic rings. The van der Waals surface area contributed by atoms with Gasteiger partial charge in [-0.1, -0.05) is 39.0 Å². The minimum atomic E-state index is 0.559. The molecule has 0 bridgehead atoms. The lowest BCUT2D eigenvalue weighted by Crippen LogP contribution is -2.19. The summed E-state index contributed by atoms with van der Waals surface area (Å²) in [5.74, 6) is 0.695. The summed E-state index contributed by atoms with van der Waals surface area (Å²) in [5, 5.41) is 4.90. The molecule has 2 rings (SSSR count). The second kappa shape index (κ2) is 6.25. The van der Waals surface area contributed by atoms with Gasteiger partial charge in [0.2, 0.25) is 0 Å². The van der Waals surface area contributed by atoms with E-state index in [1.807, 2.05) is 0 Å². The van der Waals surface area contributed by atoms with E-state index in [1.165, 1.54) is 16.5 Å². The van der Waals surface area contributed by atoms with Gasteiger partial charge in [0.15, 0.2) is 0 Å². The van der Waals surface area contributed by atoms with Gasteiger partial charge in [0.1, 0.15) is 0 Å². The minimum absolute atomic E-state index is 0.559. The predicted molar refractivity (Wildman–Crippen MR) is 83.5 cm³/mol. The molecule has 0 aliphatic heterocycles. The zero-order chi connectivity index (χ0) is 13.8. The highest BCUT2D eigenvalue weighted by Crippen LogP contribution is 2.25. The van der Waals surface area contributed by atoms with Crippen LogP contribution in [0, 0.1) is 5.92 Å². The molecule has 104 valence electrons. The van der Waals surface area contributed by atoms with E-state index in [-0.39, 0.29) is 0 Å². The number of fused-ring (bicyclic) bond motifs is 1. The molecule has 0 aliphatic carbocycles. The number of nitrogens with zero attached hydrogens (tertiary/aromatic N) is 1. The summed E-state index contributed by atoms with van der Waals surface area (Å²) in [6, 6.07) is 9.40. The first-order valence-electron chi connectivity index (χ1n) is 7.42. The average Bonchev–Trinajstić information content (AvgIpc) is 2.82. The number of hydrogen-bond donors (Lipinski definition) is 1. The van der Waals surface area contributed by atoms with Gasteiger partial charge in [0, 0.05) is 18.8 Å². The minimum Gasteiger partial charge on any atom is -0.344 e. The summed E-state index contributed by atoms with van der Waals surface area (Å²) in [5.41, 5.74) is 2.80. The maximum atomic E-state index is 3.55. The molecule has 0 saturated carbocycles. The van der Waals surface area contributed by atoms with Gasteiger partial charge in [0.25, 0.3) is 0 Å². The monoisotopic (exact) mass is 258 g/mol. The van der Waals surface area contributed by atoms with Crippen LogP contribution in [-0.2, 0) is 6.54 Å². The summed E-state index contributed by atoms with van der Waals surface area (Å²) in [6.45, 7) is 11.1. The summed E-state index contributed by atoms with van der Waals surface area (Å²) >= 11 is 0. The third-order valence-corrected chi connectivity index (χ3v) is 3.76. The van der Waals surface area contributed by atoms with E-state index >= 15 is 0 Å². The van der Waals surface area contributed by atoms with Crippen LogP contribution in [0.25, 0.3) is 10.9 Å². The maximum absolute atomic E-state index is 3.55. The molecule has 1 aromatic carbocycles. The summed E-state index contributed by atoms with van der Waals surface area (Å²) in [7, 11) is 0. The van der Waals surface area contributed by atoms with Crippen molar-refractivity contribution in [2.24, 2.45) is 5.92 Å². The molecule has 0 saturated heterocycles. The first kappa shape index (κ1) is 14.1. The van der Waals surface area contributed by atoms with E-state index in [9.17, 15) is 0 Å². The zero-order valence-electron chi connectivity index (χ0n) is 12.6. The molecule has 0 fully saturated rings. The molecule has 2 nitrogen and oxygen atoms in total. The van der Waals surface area contributed by atoms with E-state index in [0.717, 1.165) is 19.5 Å². The van der Waals surface area contributed by atoms with E-state index in [1.54, 1.807) is 0 Å². The maximum Gasteiger partial charge on any atom is 0.0528 e. The summed E-state index contributed by atoms with van der Waals surface area (Å²) < 4.78 is 2.42. The fourth-order valence-electron chi connectivity index (χ4n) is 2.50. The van der Waals surface area contributed by atoms with E-state index in [2.05, 4.69) is 68.0 Å². The first-order valence-corrected chi connectivity index (χ1v) is 7.42. The zero-order valence-corrected chi connectivity index (χ0v) is 12.6. The average molecular weight is 258 g/mol. The van der Waals surface area contributed by atoms with Crippen molar-refractivity contribution in [3.8, 4) is 0 Å². The van der Waals surface area contributed by atoms with Crippen LogP contribution in [0.5, 0.6) is 0 Å². The number of hydrogen-bond acceptors (Lipinski definition) is 1. The van der Waals surface area contributed by atoms with Crippen LogP contribution in [0.2, 0.25) is 0 Å². The Hall–Kier alpha value is -1.28. The van der Waals surface area contributed by atoms with E-state index < -0.39 is 0 Å². The lowest BCUT2D eigenvalue weighted by Gasteiger charge is -2.16. The van der Waals surface area contributed by atoms with Crippen LogP contribution in [0.15, 0.2) is 30.5 Å². The fraction of sp³-hybridized carbons (Fsp3) is 0.529. The van der Waals surface area contributed by atoms with Gasteiger partial charge in [-0.15, -0.1) is 0 Å². The second-order valence-electron chi connectivity index (χ2n) is 5.86. The van der Waals surface area contributed by atoms with Crippen LogP contribution in [0.3, 0.4) is 0 Å². The SMILES string of the molecule is CCC(C)n1ccc2cccc(CNCC(C)C)c21. The molecule has 1 aromatic heterocycles. The van der Waals surface area contributed by atoms with Gasteiger partial charge in [-0.05, 0) is 42.8 Å². The van der Waals surface area contributed by atoms with Crippen molar-refractivity contribution >= 4 is 10.9 Å². The van der Waals surface area contributed by atoms with Crippen LogP contribution in [-0.4, -0.2) is 11.1 Å². The molecule has 1 unspecified atom stereocenters. The van der Waals surface area contributed by atoms with Crippen LogP contribution >= 0.6 is 0 Å². The van der Waals surface area contributed by atoms with Crippen molar-refractivity contribution in [3.63, 3.8) is 0 Å². The fourth-order valence-corrected chi connectivity index (χ4v) is 2.50. The lowest BCUT2D eigenvalue weighted by molar-refractivity contribution is 0.538. The number of aromatic nitrogens is 1. The highest BCUT2D eigenvalue weighted by atomic mass is 15.0. The third-order valence-electron chi connectivity index (χ3n) is 3.76. The van der Waals surface area contributed by atoms with Gasteiger partial charge in [0.05, 0.1) is 5.52 Å². The van der Waals surface area contributed by atoms with Crippen molar-refractivity contribution in [2.75, 3.05) is 6.54 Å². The van der Waals surface area contributed by atoms with Crippen molar-refractivity contribution < 1.29 is 0 Å². The number of rotatable bonds is 6. The molecular formula is C17H26N2. The van der Waals surface area contributed by atoms with Crippen LogP contribution < -0.4 is 5.32 Å². The molecule has 1 heterocycles. The highest BCUT2D eigenvalue weighted by Gasteiger charge is 2.10. The Balaban J connectivity index is 2.29. The molecule has 2 heteroatoms. The van der Waals surface area contributed by atoms with Crippen LogP contribution in [0.1, 0.15) is 45.7 Å². The lowest BCUT2D eigenvalue weighted by atomic mass is 10.1. The molecule has 0 amide bonds.